The van der Waals surface area contributed by atoms with Gasteiger partial charge in [-0.3, -0.25) is 14.3 Å². The van der Waals surface area contributed by atoms with Crippen molar-refractivity contribution in [1.82, 2.24) is 29.4 Å². The molecule has 2 aromatic heterocycles. The van der Waals surface area contributed by atoms with Gasteiger partial charge in [-0.2, -0.15) is 23.4 Å². The summed E-state index contributed by atoms with van der Waals surface area (Å²) in [4.78, 5) is 32.3. The zero-order valence-corrected chi connectivity index (χ0v) is 31.3. The minimum absolute atomic E-state index is 0.00739. The molecule has 1 aliphatic rings. The number of carbonyl (C=O) groups excluding carboxylic acids is 1. The van der Waals surface area contributed by atoms with Gasteiger partial charge < -0.3 is 14.5 Å². The van der Waals surface area contributed by atoms with Gasteiger partial charge in [-0.1, -0.05) is 48.5 Å². The number of aryl methyl sites for hydroxylation is 1. The van der Waals surface area contributed by atoms with E-state index in [4.69, 9.17) is 4.74 Å². The molecule has 5 aromatic rings. The lowest BCUT2D eigenvalue weighted by Gasteiger charge is -2.38. The van der Waals surface area contributed by atoms with Gasteiger partial charge >= 0.3 is 6.18 Å². The van der Waals surface area contributed by atoms with Crippen LogP contribution in [0.2, 0.25) is 0 Å². The first-order valence-corrected chi connectivity index (χ1v) is 18.8. The van der Waals surface area contributed by atoms with E-state index in [0.717, 1.165) is 66.3 Å². The summed E-state index contributed by atoms with van der Waals surface area (Å²) in [5.41, 5.74) is 2.23. The van der Waals surface area contributed by atoms with E-state index in [-0.39, 0.29) is 42.8 Å². The SMILES string of the molecule is COCCN1CCC(N(Cc2ccc(-c3ccc(C(F)(F)F)cc3)cc2)C(=O)Cc2nn(Cc3cnn(C)c3)c(=O)cc2SCc2cccc(F)c2F)CC1. The van der Waals surface area contributed by atoms with Crippen LogP contribution in [0, 0.1) is 11.6 Å². The predicted molar refractivity (Wildman–Crippen MR) is 199 cm³/mol. The van der Waals surface area contributed by atoms with Gasteiger partial charge in [0.15, 0.2) is 11.6 Å². The highest BCUT2D eigenvalue weighted by Gasteiger charge is 2.31. The topological polar surface area (TPSA) is 85.5 Å². The number of piperidine rings is 1. The van der Waals surface area contributed by atoms with E-state index in [1.54, 1.807) is 31.2 Å². The molecule has 1 fully saturated rings. The summed E-state index contributed by atoms with van der Waals surface area (Å²) < 4.78 is 76.1. The van der Waals surface area contributed by atoms with E-state index in [1.165, 1.54) is 35.0 Å². The Labute approximate surface area is 319 Å². The fraction of sp³-hybridized carbons (Fsp3) is 0.350. The fourth-order valence-corrected chi connectivity index (χ4v) is 7.61. The molecule has 0 N–H and O–H groups in total. The molecule has 0 saturated carbocycles. The summed E-state index contributed by atoms with van der Waals surface area (Å²) in [6.45, 7) is 3.28. The third-order valence-electron chi connectivity index (χ3n) is 9.64. The molecule has 1 amide bonds. The second-order valence-electron chi connectivity index (χ2n) is 13.5. The molecule has 9 nitrogen and oxygen atoms in total. The lowest BCUT2D eigenvalue weighted by molar-refractivity contribution is -0.137. The number of halogens is 5. The fourth-order valence-electron chi connectivity index (χ4n) is 6.61. The molecule has 6 rings (SSSR count). The summed E-state index contributed by atoms with van der Waals surface area (Å²) in [7, 11) is 3.42. The van der Waals surface area contributed by atoms with Crippen molar-refractivity contribution in [1.29, 1.82) is 0 Å². The molecule has 3 aromatic carbocycles. The molecule has 1 saturated heterocycles. The monoisotopic (exact) mass is 780 g/mol. The van der Waals surface area contributed by atoms with E-state index in [1.807, 2.05) is 29.2 Å². The van der Waals surface area contributed by atoms with Crippen molar-refractivity contribution in [3.63, 3.8) is 0 Å². The number of thioether (sulfide) groups is 1. The van der Waals surface area contributed by atoms with Crippen molar-refractivity contribution < 1.29 is 31.5 Å². The van der Waals surface area contributed by atoms with Crippen LogP contribution in [0.4, 0.5) is 22.0 Å². The van der Waals surface area contributed by atoms with Crippen molar-refractivity contribution in [2.75, 3.05) is 33.4 Å². The normalized spacial score (nSPS) is 14.0. The third-order valence-corrected chi connectivity index (χ3v) is 10.8. The second kappa shape index (κ2) is 17.7. The van der Waals surface area contributed by atoms with Crippen molar-refractivity contribution in [2.45, 2.75) is 55.2 Å². The first kappa shape index (κ1) is 39.8. The molecular formula is C40H41F5N6O3S. The molecule has 0 spiro atoms. The van der Waals surface area contributed by atoms with Gasteiger partial charge in [0.1, 0.15) is 0 Å². The number of amides is 1. The molecule has 0 radical (unpaired) electrons. The number of hydrogen-bond acceptors (Lipinski definition) is 7. The zero-order chi connectivity index (χ0) is 39.1. The highest BCUT2D eigenvalue weighted by atomic mass is 32.2. The first-order valence-electron chi connectivity index (χ1n) is 17.8. The Morgan fingerprint density at radius 3 is 2.31 bits per heavy atom. The molecule has 15 heteroatoms. The summed E-state index contributed by atoms with van der Waals surface area (Å²) in [5, 5.41) is 8.83. The number of benzene rings is 3. The van der Waals surface area contributed by atoms with Crippen LogP contribution in [-0.4, -0.2) is 74.7 Å². The summed E-state index contributed by atoms with van der Waals surface area (Å²) in [5.74, 6) is -2.17. The Morgan fingerprint density at radius 1 is 0.982 bits per heavy atom. The zero-order valence-electron chi connectivity index (χ0n) is 30.4. The molecule has 55 heavy (non-hydrogen) atoms. The van der Waals surface area contributed by atoms with Crippen LogP contribution in [0.1, 0.15) is 40.8 Å². The third kappa shape index (κ3) is 10.3. The van der Waals surface area contributed by atoms with Gasteiger partial charge in [-0.25, -0.2) is 13.5 Å². The Kier molecular flexibility index (Phi) is 12.8. The Morgan fingerprint density at radius 2 is 1.67 bits per heavy atom. The lowest BCUT2D eigenvalue weighted by atomic mass is 9.99. The summed E-state index contributed by atoms with van der Waals surface area (Å²) in [6.07, 6.45) is 0.231. The molecule has 0 unspecified atom stereocenters. The number of rotatable bonds is 14. The van der Waals surface area contributed by atoms with Gasteiger partial charge in [0.2, 0.25) is 5.91 Å². The van der Waals surface area contributed by atoms with E-state index < -0.39 is 28.9 Å². The number of carbonyl (C=O) groups is 1. The van der Waals surface area contributed by atoms with Gasteiger partial charge in [0, 0.05) is 80.4 Å². The largest absolute Gasteiger partial charge is 0.416 e. The number of nitrogens with zero attached hydrogens (tertiary/aromatic N) is 6. The summed E-state index contributed by atoms with van der Waals surface area (Å²) >= 11 is 1.11. The lowest BCUT2D eigenvalue weighted by Crippen LogP contribution is -2.48. The average Bonchev–Trinajstić information content (AvgIpc) is 3.59. The van der Waals surface area contributed by atoms with Gasteiger partial charge in [-0.15, -0.1) is 11.8 Å². The van der Waals surface area contributed by atoms with Gasteiger partial charge in [0.05, 0.1) is 37.0 Å². The van der Waals surface area contributed by atoms with Crippen LogP contribution in [0.15, 0.2) is 94.9 Å². The van der Waals surface area contributed by atoms with E-state index in [0.29, 0.717) is 35.6 Å². The van der Waals surface area contributed by atoms with E-state index >= 15 is 0 Å². The summed E-state index contributed by atoms with van der Waals surface area (Å²) in [6, 6.07) is 17.5. The van der Waals surface area contributed by atoms with Crippen molar-refractivity contribution in [3.8, 4) is 11.1 Å². The first-order chi connectivity index (χ1) is 26.4. The number of aromatic nitrogens is 4. The van der Waals surface area contributed by atoms with E-state index in [2.05, 4.69) is 15.1 Å². The van der Waals surface area contributed by atoms with Crippen molar-refractivity contribution >= 4 is 17.7 Å². The van der Waals surface area contributed by atoms with E-state index in [9.17, 15) is 31.5 Å². The van der Waals surface area contributed by atoms with Gasteiger partial charge in [-0.05, 0) is 47.7 Å². The maximum Gasteiger partial charge on any atom is 0.416 e. The minimum Gasteiger partial charge on any atom is -0.383 e. The second-order valence-corrected chi connectivity index (χ2v) is 14.5. The van der Waals surface area contributed by atoms with Crippen LogP contribution >= 0.6 is 11.8 Å². The number of hydrogen-bond donors (Lipinski definition) is 0. The number of likely N-dealkylation sites (tertiary alicyclic amines) is 1. The van der Waals surface area contributed by atoms with Crippen LogP contribution in [-0.2, 0) is 48.0 Å². The van der Waals surface area contributed by atoms with Gasteiger partial charge in [0.25, 0.3) is 5.56 Å². The highest BCUT2D eigenvalue weighted by Crippen LogP contribution is 2.32. The van der Waals surface area contributed by atoms with Crippen LogP contribution in [0.25, 0.3) is 11.1 Å². The Balaban J connectivity index is 1.28. The molecule has 3 heterocycles. The Hall–Kier alpha value is -4.86. The van der Waals surface area contributed by atoms with Crippen molar-refractivity contribution in [3.05, 3.63) is 135 Å². The maximum atomic E-state index is 14.6. The van der Waals surface area contributed by atoms with Crippen LogP contribution < -0.4 is 5.56 Å². The Bertz CT molecular complexity index is 2130. The number of alkyl halides is 3. The van der Waals surface area contributed by atoms with Crippen LogP contribution in [0.5, 0.6) is 0 Å². The smallest absolute Gasteiger partial charge is 0.383 e. The molecular weight excluding hydrogens is 740 g/mol. The minimum atomic E-state index is -4.43. The predicted octanol–water partition coefficient (Wildman–Crippen LogP) is 6.96. The standard InChI is InChI=1S/C40H41F5N6O3S/c1-48-23-28(22-46-48)25-51-38(53)21-36(55-26-31-4-3-5-34(41)39(31)42)35(47-51)20-37(52)50(33-14-16-49(17-15-33)18-19-54-2)24-27-6-8-29(9-7-27)30-10-12-32(13-11-30)40(43,44)45/h3-13,21-23,33H,14-20,24-26H2,1-2H3. The molecule has 290 valence electrons. The molecule has 0 atom stereocenters. The average molecular weight is 781 g/mol. The molecule has 0 bridgehead atoms. The number of ether oxygens (including phenoxy) is 1. The van der Waals surface area contributed by atoms with Crippen molar-refractivity contribution in [2.24, 2.45) is 7.05 Å². The quantitative estimate of drug-likeness (QED) is 0.0890. The molecule has 1 aliphatic heterocycles. The highest BCUT2D eigenvalue weighted by molar-refractivity contribution is 7.98. The number of methoxy groups -OCH3 is 1. The molecule has 0 aliphatic carbocycles. The maximum absolute atomic E-state index is 14.6. The van der Waals surface area contributed by atoms with Crippen LogP contribution in [0.3, 0.4) is 0 Å².